The molecule has 0 amide bonds. The van der Waals surface area contributed by atoms with Crippen molar-refractivity contribution in [1.82, 2.24) is 18.7 Å². The van der Waals surface area contributed by atoms with E-state index in [1.54, 1.807) is 0 Å². The van der Waals surface area contributed by atoms with E-state index < -0.39 is 78.8 Å². The average Bonchev–Trinajstić information content (AvgIpc) is 2.93. The van der Waals surface area contributed by atoms with E-state index in [0.717, 1.165) is 7.05 Å². The van der Waals surface area contributed by atoms with Gasteiger partial charge in [0.2, 0.25) is 0 Å². The minimum absolute atomic E-state index is 0.219. The maximum absolute atomic E-state index is 13.1. The number of rotatable bonds is 5. The summed E-state index contributed by atoms with van der Waals surface area (Å²) in [4.78, 5) is 29.6. The van der Waals surface area contributed by atoms with Crippen molar-refractivity contribution in [2.75, 3.05) is 0 Å². The standard InChI is InChI=1S/C13H20N4O3/c1-9(18)6-4-5-7-17-12(19)10-11(14-8-15(10)2)16(3)13(17)20/h8-9,18H,4-7H2,1-3H3/i1D3,3D3,4D2,5D2,6D2,7D2,8D,9D. The largest absolute Gasteiger partial charge is 0.393 e. The lowest BCUT2D eigenvalue weighted by Gasteiger charge is -2.09. The first-order valence-corrected chi connectivity index (χ1v) is 5.07. The molecule has 0 saturated carbocycles. The Balaban J connectivity index is 3.04. The van der Waals surface area contributed by atoms with Crippen LogP contribution in [-0.4, -0.2) is 29.9 Å². The summed E-state index contributed by atoms with van der Waals surface area (Å²) in [6, 6.07) is 0. The predicted molar refractivity (Wildman–Crippen MR) is 75.7 cm³/mol. The molecule has 0 radical (unpaired) electrons. The van der Waals surface area contributed by atoms with Crippen molar-refractivity contribution >= 4 is 11.2 Å². The molecule has 0 fully saturated rings. The summed E-state index contributed by atoms with van der Waals surface area (Å²) < 4.78 is 123. The molecule has 7 nitrogen and oxygen atoms in total. The van der Waals surface area contributed by atoms with Gasteiger partial charge >= 0.3 is 5.69 Å². The third kappa shape index (κ3) is 2.53. The smallest absolute Gasteiger partial charge is 0.332 e. The van der Waals surface area contributed by atoms with Gasteiger partial charge in [-0.1, -0.05) is 0 Å². The van der Waals surface area contributed by atoms with Crippen molar-refractivity contribution in [2.24, 2.45) is 14.0 Å². The van der Waals surface area contributed by atoms with Crippen molar-refractivity contribution < 1.29 is 27.0 Å². The molecular weight excluding hydrogens is 260 g/mol. The molecule has 7 heteroatoms. The monoisotopic (exact) mass is 296 g/mol. The molecule has 0 aliphatic heterocycles. The number of aliphatic hydroxyl groups is 1. The molecule has 2 aromatic heterocycles. The fourth-order valence-electron chi connectivity index (χ4n) is 1.43. The first-order chi connectivity index (χ1) is 15.6. The number of hydrogen-bond donors (Lipinski definition) is 1. The Hall–Kier alpha value is -1.89. The Morgan fingerprint density at radius 2 is 2.40 bits per heavy atom. The Morgan fingerprint density at radius 3 is 3.10 bits per heavy atom. The van der Waals surface area contributed by atoms with Crippen LogP contribution in [0.1, 0.15) is 47.9 Å². The van der Waals surface area contributed by atoms with Gasteiger partial charge in [-0.05, 0) is 26.0 Å². The molecule has 0 aliphatic carbocycles. The van der Waals surface area contributed by atoms with Gasteiger partial charge in [-0.2, -0.15) is 0 Å². The Labute approximate surface area is 138 Å². The van der Waals surface area contributed by atoms with Gasteiger partial charge < -0.3 is 9.67 Å². The molecule has 1 unspecified atom stereocenters. The van der Waals surface area contributed by atoms with Crippen molar-refractivity contribution in [1.29, 1.82) is 0 Å². The van der Waals surface area contributed by atoms with Crippen LogP contribution in [0.2, 0.25) is 0 Å². The van der Waals surface area contributed by atoms with E-state index in [1.165, 1.54) is 0 Å². The molecule has 1 atom stereocenters. The second kappa shape index (κ2) is 5.62. The van der Waals surface area contributed by atoms with Crippen molar-refractivity contribution in [3.05, 3.63) is 27.1 Å². The van der Waals surface area contributed by atoms with Crippen LogP contribution in [0.4, 0.5) is 0 Å². The van der Waals surface area contributed by atoms with Crippen LogP contribution in [0.3, 0.4) is 0 Å². The van der Waals surface area contributed by atoms with Gasteiger partial charge in [0.15, 0.2) is 11.2 Å². The molecule has 110 valence electrons. The SMILES string of the molecule is [2H]c1nc2c(c(=O)n(C([2H])([2H])C([2H])([2H])C([2H])([2H])C([2H])([2H])C([2H])(O)C([2H])([2H])[2H])c(=O)n2C([2H])([2H])[2H])n1C. The lowest BCUT2D eigenvalue weighted by molar-refractivity contribution is 0.180. The van der Waals surface area contributed by atoms with Gasteiger partial charge in [0.25, 0.3) is 5.56 Å². The molecular formula is C13H20N4O3. The Bertz CT molecular complexity index is 1310. The van der Waals surface area contributed by atoms with Gasteiger partial charge in [0, 0.05) is 37.0 Å². The van der Waals surface area contributed by atoms with E-state index in [2.05, 4.69) is 4.98 Å². The summed E-state index contributed by atoms with van der Waals surface area (Å²) in [6.07, 6.45) is -18.4. The number of hydrogen-bond acceptors (Lipinski definition) is 4. The predicted octanol–water partition coefficient (Wildman–Crippen LogP) is -0.0152. The molecule has 1 N–H and O–H groups in total. The van der Waals surface area contributed by atoms with Crippen LogP contribution < -0.4 is 11.2 Å². The number of aromatic nitrogens is 4. The molecule has 0 spiro atoms. The number of aryl methyl sites for hydroxylation is 2. The van der Waals surface area contributed by atoms with Gasteiger partial charge in [-0.3, -0.25) is 13.9 Å². The number of nitrogens with zero attached hydrogens (tertiary/aromatic N) is 4. The summed E-state index contributed by atoms with van der Waals surface area (Å²) in [5.41, 5.74) is -5.62. The van der Waals surface area contributed by atoms with E-state index >= 15 is 0 Å². The summed E-state index contributed by atoms with van der Waals surface area (Å²) in [5.74, 6) is 0. The Kier molecular flexibility index (Phi) is 1.21. The second-order valence-electron chi connectivity index (χ2n) is 3.54. The summed E-state index contributed by atoms with van der Waals surface area (Å²) in [7, 11) is 1.01. The van der Waals surface area contributed by atoms with Crippen molar-refractivity contribution in [3.8, 4) is 0 Å². The summed E-state index contributed by atoms with van der Waals surface area (Å²) in [6.45, 7) is -11.7. The quantitative estimate of drug-likeness (QED) is 0.841. The first kappa shape index (κ1) is 4.30. The van der Waals surface area contributed by atoms with Gasteiger partial charge in [-0.15, -0.1) is 0 Å². The van der Waals surface area contributed by atoms with Crippen molar-refractivity contribution in [2.45, 2.75) is 38.5 Å². The van der Waals surface area contributed by atoms with Crippen LogP contribution >= 0.6 is 0 Å². The fourth-order valence-corrected chi connectivity index (χ4v) is 1.43. The minimum Gasteiger partial charge on any atom is -0.393 e. The average molecular weight is 296 g/mol. The number of imidazole rings is 1. The van der Waals surface area contributed by atoms with Crippen LogP contribution in [0.5, 0.6) is 0 Å². The molecule has 0 aliphatic rings. The molecule has 0 bridgehead atoms. The molecule has 2 rings (SSSR count). The van der Waals surface area contributed by atoms with Crippen LogP contribution in [0.15, 0.2) is 15.9 Å². The van der Waals surface area contributed by atoms with Crippen LogP contribution in [0, 0.1) is 0 Å². The molecule has 2 heterocycles. The van der Waals surface area contributed by atoms with E-state index in [9.17, 15) is 14.7 Å². The molecule has 20 heavy (non-hydrogen) atoms. The zero-order valence-electron chi connectivity index (χ0n) is 26.1. The van der Waals surface area contributed by atoms with E-state index in [0.29, 0.717) is 4.57 Å². The summed E-state index contributed by atoms with van der Waals surface area (Å²) in [5, 5.41) is 10.0. The topological polar surface area (TPSA) is 82.1 Å². The molecule has 2 aromatic rings. The third-order valence-corrected chi connectivity index (χ3v) is 2.26. The second-order valence-corrected chi connectivity index (χ2v) is 3.54. The third-order valence-electron chi connectivity index (χ3n) is 2.26. The highest BCUT2D eigenvalue weighted by atomic mass is 16.3. The van der Waals surface area contributed by atoms with Crippen LogP contribution in [-0.2, 0) is 20.5 Å². The van der Waals surface area contributed by atoms with E-state index in [-0.39, 0.29) is 4.57 Å². The van der Waals surface area contributed by atoms with Crippen molar-refractivity contribution in [3.63, 3.8) is 0 Å². The fraction of sp³-hybridized carbons (Fsp3) is 0.615. The van der Waals surface area contributed by atoms with Gasteiger partial charge in [0.1, 0.15) is 1.37 Å². The highest BCUT2D eigenvalue weighted by Crippen LogP contribution is 2.04. The maximum atomic E-state index is 13.1. The normalized spacial score (nSPS) is 30.5. The van der Waals surface area contributed by atoms with Gasteiger partial charge in [0.05, 0.1) is 16.5 Å². The summed E-state index contributed by atoms with van der Waals surface area (Å²) >= 11 is 0. The molecule has 0 saturated heterocycles. The maximum Gasteiger partial charge on any atom is 0.332 e. The minimum atomic E-state index is -4.47. The van der Waals surface area contributed by atoms with E-state index in [1.807, 2.05) is 0 Å². The zero-order valence-corrected chi connectivity index (χ0v) is 10.1. The lowest BCUT2D eigenvalue weighted by Crippen LogP contribution is -2.39. The van der Waals surface area contributed by atoms with Crippen LogP contribution in [0.25, 0.3) is 11.2 Å². The zero-order chi connectivity index (χ0) is 28.8. The lowest BCUT2D eigenvalue weighted by atomic mass is 10.2. The van der Waals surface area contributed by atoms with Gasteiger partial charge in [-0.25, -0.2) is 9.78 Å². The highest BCUT2D eigenvalue weighted by molar-refractivity contribution is 5.69. The number of fused-ring (bicyclic) bond motifs is 1. The molecule has 0 aromatic carbocycles. The Morgan fingerprint density at radius 1 is 1.60 bits per heavy atom. The van der Waals surface area contributed by atoms with E-state index in [4.69, 9.17) is 21.9 Å². The first-order valence-electron chi connectivity index (χ1n) is 13.1. The highest BCUT2D eigenvalue weighted by Gasteiger charge is 2.14.